The Bertz CT molecular complexity index is 2350. The lowest BCUT2D eigenvalue weighted by Crippen LogP contribution is -2.56. The summed E-state index contributed by atoms with van der Waals surface area (Å²) in [6, 6.07) is 8.87. The molecule has 0 spiro atoms. The van der Waals surface area contributed by atoms with Crippen LogP contribution in [0.1, 0.15) is 103 Å². The minimum Gasteiger partial charge on any atom is -0.379 e. The van der Waals surface area contributed by atoms with Crippen LogP contribution < -0.4 is 20.9 Å². The van der Waals surface area contributed by atoms with E-state index in [-0.39, 0.29) is 11.9 Å². The third-order valence-corrected chi connectivity index (χ3v) is 12.7. The molecule has 4 unspecified atom stereocenters. The number of nitrogens with one attached hydrogen (secondary N) is 3. The predicted molar refractivity (Wildman–Crippen MR) is 226 cm³/mol. The van der Waals surface area contributed by atoms with Gasteiger partial charge in [0.15, 0.2) is 5.65 Å². The average Bonchev–Trinajstić information content (AvgIpc) is 4.10. The van der Waals surface area contributed by atoms with Crippen molar-refractivity contribution < 1.29 is 29.4 Å². The number of aryl methyl sites for hydroxylation is 2. The van der Waals surface area contributed by atoms with Gasteiger partial charge in [-0.15, -0.1) is 0 Å². The maximum Gasteiger partial charge on any atom is 0.323 e. The first-order valence-corrected chi connectivity index (χ1v) is 21.6. The van der Waals surface area contributed by atoms with Gasteiger partial charge in [0.05, 0.1) is 41.7 Å². The molecule has 0 radical (unpaired) electrons. The van der Waals surface area contributed by atoms with Crippen molar-refractivity contribution in [3.05, 3.63) is 77.2 Å². The summed E-state index contributed by atoms with van der Waals surface area (Å²) < 4.78 is 7.39. The number of carbonyl (C=O) groups is 2. The summed E-state index contributed by atoms with van der Waals surface area (Å²) in [4.78, 5) is 46.0. The summed E-state index contributed by atoms with van der Waals surface area (Å²) in [5.41, 5.74) is 6.95. The lowest BCUT2D eigenvalue weighted by atomic mass is 10.0. The lowest BCUT2D eigenvalue weighted by Gasteiger charge is -2.38. The Morgan fingerprint density at radius 3 is 2.62 bits per heavy atom. The van der Waals surface area contributed by atoms with Crippen molar-refractivity contribution in [3.63, 3.8) is 0 Å². The van der Waals surface area contributed by atoms with Gasteiger partial charge in [0.1, 0.15) is 24.4 Å². The number of aliphatic hydroxyl groups excluding tert-OH is 3. The number of carbonyl (C=O) groups excluding carboxylic acids is 2. The van der Waals surface area contributed by atoms with Crippen LogP contribution >= 0.6 is 0 Å². The molecule has 3 amide bonds. The zero-order chi connectivity index (χ0) is 42.0. The van der Waals surface area contributed by atoms with Gasteiger partial charge in [-0.1, -0.05) is 24.4 Å². The van der Waals surface area contributed by atoms with Gasteiger partial charge in [-0.3, -0.25) is 20.0 Å². The highest BCUT2D eigenvalue weighted by Gasteiger charge is 2.39. The molecule has 4 aliphatic rings. The van der Waals surface area contributed by atoms with E-state index in [9.17, 15) is 24.9 Å². The summed E-state index contributed by atoms with van der Waals surface area (Å²) in [5.74, 6) is 1.15. The van der Waals surface area contributed by atoms with Gasteiger partial charge in [-0.25, -0.2) is 14.3 Å². The van der Waals surface area contributed by atoms with Crippen LogP contribution in [0.5, 0.6) is 0 Å². The van der Waals surface area contributed by atoms with E-state index in [2.05, 4.69) is 57.0 Å². The zero-order valence-corrected chi connectivity index (χ0v) is 34.4. The van der Waals surface area contributed by atoms with E-state index in [0.717, 1.165) is 99.3 Å². The van der Waals surface area contributed by atoms with Gasteiger partial charge in [-0.05, 0) is 87.3 Å². The van der Waals surface area contributed by atoms with Crippen LogP contribution in [0.4, 0.5) is 21.9 Å². The maximum atomic E-state index is 13.2. The van der Waals surface area contributed by atoms with Crippen molar-refractivity contribution in [3.8, 4) is 11.5 Å². The third kappa shape index (κ3) is 8.81. The summed E-state index contributed by atoms with van der Waals surface area (Å²) in [6.07, 6.45) is 12.1. The topological polar surface area (TPSA) is 223 Å². The Hall–Kier alpha value is -5.53. The first kappa shape index (κ1) is 40.9. The molecule has 1 aliphatic carbocycles. The molecular formula is C43H54N12O6. The number of amides is 3. The normalized spacial score (nSPS) is 21.6. The fraction of sp³-hybridized carbons (Fsp3) is 0.512. The molecule has 2 saturated heterocycles. The molecule has 0 bridgehead atoms. The van der Waals surface area contributed by atoms with E-state index in [1.54, 1.807) is 23.5 Å². The molecule has 322 valence electrons. The second-order valence-corrected chi connectivity index (χ2v) is 16.8. The number of hydrogen-bond donors (Lipinski definition) is 6. The van der Waals surface area contributed by atoms with Crippen molar-refractivity contribution in [2.24, 2.45) is 0 Å². The van der Waals surface area contributed by atoms with Crippen molar-refractivity contribution >= 4 is 34.6 Å². The Morgan fingerprint density at radius 1 is 0.984 bits per heavy atom. The molecule has 18 heteroatoms. The second-order valence-electron chi connectivity index (χ2n) is 16.8. The number of urea groups is 1. The van der Waals surface area contributed by atoms with Gasteiger partial charge in [0.2, 0.25) is 11.7 Å². The molecule has 7 heterocycles. The number of nitrogens with zero attached hydrogens (tertiary/aromatic N) is 9. The van der Waals surface area contributed by atoms with E-state index in [4.69, 9.17) is 4.52 Å². The number of hydrogen-bond acceptors (Lipinski definition) is 14. The largest absolute Gasteiger partial charge is 0.379 e. The second kappa shape index (κ2) is 17.8. The number of piperidine rings is 1. The minimum atomic E-state index is -0.962. The number of piperazine rings is 1. The number of unbranched alkanes of at least 4 members (excludes halogenated alkanes) is 2. The standard InChI is InChI=1S/C43H54N12O6/c1-26-21-29(47-43(60)48-32-24-44-34-15-16-46-55(34)39(32)27-7-5-6-8-27)23-45-38(26)40-50-36(61-51-40)9-3-2-4-10-37(57)53-19-17-52(18-20-53)30-11-12-31-28(22-30)25-54(42(31)59)33-13-14-35(56)49-41(33)58/h11-12,15-16,21-24,27,33,35,37,41,49,56-58H,2-10,13-14,17-20,25H2,1H3,(H2,47,48,60). The van der Waals surface area contributed by atoms with Crippen LogP contribution in [-0.2, 0) is 13.0 Å². The third-order valence-electron chi connectivity index (χ3n) is 12.7. The van der Waals surface area contributed by atoms with Crippen LogP contribution in [-0.4, -0.2) is 118 Å². The quantitative estimate of drug-likeness (QED) is 0.0908. The molecule has 4 atom stereocenters. The molecule has 18 nitrogen and oxygen atoms in total. The predicted octanol–water partition coefficient (Wildman–Crippen LogP) is 4.37. The first-order valence-electron chi connectivity index (χ1n) is 21.6. The van der Waals surface area contributed by atoms with Crippen LogP contribution in [0.3, 0.4) is 0 Å². The van der Waals surface area contributed by atoms with Crippen LogP contribution in [0.25, 0.3) is 17.2 Å². The molecule has 6 N–H and O–H groups in total. The highest BCUT2D eigenvalue weighted by atomic mass is 16.5. The number of aromatic nitrogens is 6. The number of rotatable bonds is 13. The van der Waals surface area contributed by atoms with E-state index in [1.165, 1.54) is 0 Å². The molecule has 4 aromatic heterocycles. The Morgan fingerprint density at radius 2 is 1.82 bits per heavy atom. The van der Waals surface area contributed by atoms with Crippen LogP contribution in [0.2, 0.25) is 0 Å². The maximum absolute atomic E-state index is 13.2. The monoisotopic (exact) mass is 834 g/mol. The smallest absolute Gasteiger partial charge is 0.323 e. The van der Waals surface area contributed by atoms with Crippen molar-refractivity contribution in [1.82, 2.24) is 44.8 Å². The molecule has 9 rings (SSSR count). The van der Waals surface area contributed by atoms with Crippen LogP contribution in [0.15, 0.2) is 53.4 Å². The van der Waals surface area contributed by atoms with Gasteiger partial charge in [0, 0.05) is 62.4 Å². The van der Waals surface area contributed by atoms with Gasteiger partial charge in [0.25, 0.3) is 5.91 Å². The van der Waals surface area contributed by atoms with Crippen LogP contribution in [0, 0.1) is 6.92 Å². The van der Waals surface area contributed by atoms with E-state index >= 15 is 0 Å². The van der Waals surface area contributed by atoms with Crippen molar-refractivity contribution in [1.29, 1.82) is 0 Å². The van der Waals surface area contributed by atoms with Gasteiger partial charge in [-0.2, -0.15) is 10.1 Å². The summed E-state index contributed by atoms with van der Waals surface area (Å²) in [6.45, 7) is 5.32. The van der Waals surface area contributed by atoms with E-state index < -0.39 is 24.7 Å². The zero-order valence-electron chi connectivity index (χ0n) is 34.4. The van der Waals surface area contributed by atoms with Gasteiger partial charge < -0.3 is 40.3 Å². The van der Waals surface area contributed by atoms with E-state index in [0.29, 0.717) is 72.5 Å². The molecule has 61 heavy (non-hydrogen) atoms. The highest BCUT2D eigenvalue weighted by molar-refractivity contribution is 6.00. The average molecular weight is 835 g/mol. The number of benzene rings is 1. The van der Waals surface area contributed by atoms with Gasteiger partial charge >= 0.3 is 6.03 Å². The lowest BCUT2D eigenvalue weighted by molar-refractivity contribution is -0.0477. The van der Waals surface area contributed by atoms with Crippen molar-refractivity contribution in [2.45, 2.75) is 115 Å². The van der Waals surface area contributed by atoms with Crippen molar-refractivity contribution in [2.75, 3.05) is 41.7 Å². The molecule has 5 aromatic rings. The SMILES string of the molecule is Cc1cc(NC(=O)Nc2cnc3ccnn3c2C2CCCC2)cnc1-c1noc(CCCCCC(O)N2CCN(c3ccc4c(c3)CN(C3CCC(O)NC3O)C4=O)CC2)n1. The number of fused-ring (bicyclic) bond motifs is 2. The number of pyridine rings is 1. The fourth-order valence-corrected chi connectivity index (χ4v) is 9.43. The van der Waals surface area contributed by atoms with E-state index in [1.807, 2.05) is 35.7 Å². The Kier molecular flexibility index (Phi) is 11.9. The molecule has 3 fully saturated rings. The summed E-state index contributed by atoms with van der Waals surface area (Å²) in [5, 5.41) is 48.5. The Balaban J connectivity index is 0.699. The minimum absolute atomic E-state index is 0.0856. The molecular weight excluding hydrogens is 781 g/mol. The summed E-state index contributed by atoms with van der Waals surface area (Å²) >= 11 is 0. The Labute approximate surface area is 353 Å². The molecule has 1 saturated carbocycles. The first-order chi connectivity index (χ1) is 29.7. The fourth-order valence-electron chi connectivity index (χ4n) is 9.43. The number of aliphatic hydroxyl groups is 3. The highest BCUT2D eigenvalue weighted by Crippen LogP contribution is 2.38. The summed E-state index contributed by atoms with van der Waals surface area (Å²) in [7, 11) is 0. The number of anilines is 3. The molecule has 3 aliphatic heterocycles. The molecule has 1 aromatic carbocycles.